The van der Waals surface area contributed by atoms with Gasteiger partial charge in [0, 0.05) is 0 Å². The molecule has 3 aromatic rings. The summed E-state index contributed by atoms with van der Waals surface area (Å²) in [4.78, 5) is 12.0. The van der Waals surface area contributed by atoms with Crippen LogP contribution >= 0.6 is 0 Å². The smallest absolute Gasteiger partial charge is 0.234 e. The van der Waals surface area contributed by atoms with Crippen LogP contribution in [0.5, 0.6) is 11.5 Å². The lowest BCUT2D eigenvalue weighted by Gasteiger charge is -2.39. The van der Waals surface area contributed by atoms with E-state index in [1.807, 2.05) is 78.9 Å². The first-order valence-corrected chi connectivity index (χ1v) is 9.43. The highest BCUT2D eigenvalue weighted by Gasteiger charge is 2.38. The molecule has 0 fully saturated rings. The van der Waals surface area contributed by atoms with Crippen LogP contribution < -0.4 is 20.5 Å². The van der Waals surface area contributed by atoms with Crippen molar-refractivity contribution in [1.82, 2.24) is 5.32 Å². The quantitative estimate of drug-likeness (QED) is 0.578. The van der Waals surface area contributed by atoms with E-state index >= 15 is 0 Å². The maximum Gasteiger partial charge on any atom is 0.234 e. The number of methoxy groups -OCH3 is 2. The predicted molar refractivity (Wildman–Crippen MR) is 114 cm³/mol. The molecule has 1 amide bonds. The first-order chi connectivity index (χ1) is 14.0. The van der Waals surface area contributed by atoms with Gasteiger partial charge in [0.1, 0.15) is 11.5 Å². The molecule has 1 unspecified atom stereocenters. The van der Waals surface area contributed by atoms with Gasteiger partial charge in [-0.1, -0.05) is 54.6 Å². The summed E-state index contributed by atoms with van der Waals surface area (Å²) in [6, 6.07) is 25.1. The van der Waals surface area contributed by atoms with E-state index in [0.29, 0.717) is 0 Å². The molecule has 3 N–H and O–H groups in total. The number of nitrogens with one attached hydrogen (secondary N) is 1. The van der Waals surface area contributed by atoms with Crippen molar-refractivity contribution in [2.24, 2.45) is 5.73 Å². The Hall–Kier alpha value is -3.31. The molecule has 150 valence electrons. The highest BCUT2D eigenvalue weighted by atomic mass is 16.5. The van der Waals surface area contributed by atoms with Crippen molar-refractivity contribution in [3.05, 3.63) is 95.6 Å². The highest BCUT2D eigenvalue weighted by Crippen LogP contribution is 2.38. The van der Waals surface area contributed by atoms with E-state index < -0.39 is 17.5 Å². The number of carbonyl (C=O) groups is 1. The van der Waals surface area contributed by atoms with E-state index in [9.17, 15) is 4.79 Å². The lowest BCUT2D eigenvalue weighted by Crippen LogP contribution is -2.53. The van der Waals surface area contributed by atoms with E-state index in [0.717, 1.165) is 28.2 Å². The molecular formula is C24H26N2O3. The average Bonchev–Trinajstić information content (AvgIpc) is 2.78. The molecule has 0 aliphatic heterocycles. The van der Waals surface area contributed by atoms with Crippen LogP contribution in [0.2, 0.25) is 0 Å². The zero-order chi connectivity index (χ0) is 20.9. The molecule has 0 bridgehead atoms. The fourth-order valence-corrected chi connectivity index (χ4v) is 3.52. The first-order valence-electron chi connectivity index (χ1n) is 9.43. The monoisotopic (exact) mass is 390 g/mol. The molecule has 0 saturated heterocycles. The van der Waals surface area contributed by atoms with Crippen molar-refractivity contribution < 1.29 is 14.3 Å². The predicted octanol–water partition coefficient (Wildman–Crippen LogP) is 3.46. The van der Waals surface area contributed by atoms with Crippen LogP contribution in [-0.2, 0) is 10.3 Å². The fourth-order valence-electron chi connectivity index (χ4n) is 3.52. The molecule has 29 heavy (non-hydrogen) atoms. The summed E-state index contributed by atoms with van der Waals surface area (Å²) in [5, 5.41) is 3.50. The molecule has 0 heterocycles. The maximum absolute atomic E-state index is 12.0. The number of carbonyl (C=O) groups excluding carboxylic acids is 1. The van der Waals surface area contributed by atoms with Crippen molar-refractivity contribution in [3.63, 3.8) is 0 Å². The molecular weight excluding hydrogens is 364 g/mol. The van der Waals surface area contributed by atoms with E-state index in [2.05, 4.69) is 5.32 Å². The summed E-state index contributed by atoms with van der Waals surface area (Å²) < 4.78 is 10.7. The standard InChI is InChI=1S/C24H26N2O3/c1-17(23(25)27)26-24(18-7-5-4-6-8-18,19-9-13-21(28-2)14-10-19)20-11-15-22(29-3)16-12-20/h4-17,26H,1-3H3,(H2,25,27). The number of primary amides is 1. The van der Waals surface area contributed by atoms with Crippen LogP contribution in [0.3, 0.4) is 0 Å². The van der Waals surface area contributed by atoms with Gasteiger partial charge in [-0.25, -0.2) is 0 Å². The van der Waals surface area contributed by atoms with Gasteiger partial charge < -0.3 is 15.2 Å². The Morgan fingerprint density at radius 1 is 0.793 bits per heavy atom. The molecule has 3 rings (SSSR count). The molecule has 3 aromatic carbocycles. The number of amides is 1. The topological polar surface area (TPSA) is 73.6 Å². The van der Waals surface area contributed by atoms with Crippen LogP contribution in [-0.4, -0.2) is 26.2 Å². The maximum atomic E-state index is 12.0. The molecule has 0 radical (unpaired) electrons. The fraction of sp³-hybridized carbons (Fsp3) is 0.208. The normalized spacial score (nSPS) is 12.2. The minimum Gasteiger partial charge on any atom is -0.497 e. The summed E-state index contributed by atoms with van der Waals surface area (Å²) >= 11 is 0. The summed E-state index contributed by atoms with van der Waals surface area (Å²) in [6.07, 6.45) is 0. The summed E-state index contributed by atoms with van der Waals surface area (Å²) in [5.74, 6) is 1.09. The number of rotatable bonds is 8. The molecule has 5 nitrogen and oxygen atoms in total. The van der Waals surface area contributed by atoms with Gasteiger partial charge in [-0.2, -0.15) is 0 Å². The number of hydrogen-bond donors (Lipinski definition) is 2. The Morgan fingerprint density at radius 2 is 1.21 bits per heavy atom. The van der Waals surface area contributed by atoms with Crippen molar-refractivity contribution in [2.75, 3.05) is 14.2 Å². The third kappa shape index (κ3) is 4.10. The Morgan fingerprint density at radius 3 is 1.59 bits per heavy atom. The lowest BCUT2D eigenvalue weighted by molar-refractivity contribution is -0.119. The molecule has 0 aromatic heterocycles. The van der Waals surface area contributed by atoms with Crippen LogP contribution in [0, 0.1) is 0 Å². The van der Waals surface area contributed by atoms with Gasteiger partial charge in [0.15, 0.2) is 0 Å². The number of hydrogen-bond acceptors (Lipinski definition) is 4. The van der Waals surface area contributed by atoms with Gasteiger partial charge in [-0.15, -0.1) is 0 Å². The number of ether oxygens (including phenoxy) is 2. The van der Waals surface area contributed by atoms with Gasteiger partial charge in [0.2, 0.25) is 5.91 Å². The second-order valence-corrected chi connectivity index (χ2v) is 6.84. The van der Waals surface area contributed by atoms with E-state index in [4.69, 9.17) is 15.2 Å². The Labute approximate surface area is 171 Å². The second kappa shape index (κ2) is 8.80. The van der Waals surface area contributed by atoms with Gasteiger partial charge >= 0.3 is 0 Å². The lowest BCUT2D eigenvalue weighted by atomic mass is 9.76. The third-order valence-electron chi connectivity index (χ3n) is 5.11. The van der Waals surface area contributed by atoms with Gasteiger partial charge in [0.25, 0.3) is 0 Å². The average molecular weight is 390 g/mol. The third-order valence-corrected chi connectivity index (χ3v) is 5.11. The Kier molecular flexibility index (Phi) is 6.20. The van der Waals surface area contributed by atoms with Crippen LogP contribution in [0.1, 0.15) is 23.6 Å². The van der Waals surface area contributed by atoms with Crippen molar-refractivity contribution in [3.8, 4) is 11.5 Å². The zero-order valence-electron chi connectivity index (χ0n) is 16.9. The van der Waals surface area contributed by atoms with Crippen LogP contribution in [0.15, 0.2) is 78.9 Å². The zero-order valence-corrected chi connectivity index (χ0v) is 16.9. The van der Waals surface area contributed by atoms with Gasteiger partial charge in [-0.3, -0.25) is 10.1 Å². The van der Waals surface area contributed by atoms with E-state index in [-0.39, 0.29) is 0 Å². The Bertz CT molecular complexity index is 891. The summed E-state index contributed by atoms with van der Waals surface area (Å²) in [5.41, 5.74) is 7.74. The Balaban J connectivity index is 2.28. The molecule has 5 heteroatoms. The first kappa shape index (κ1) is 20.4. The summed E-state index contributed by atoms with van der Waals surface area (Å²) in [6.45, 7) is 1.77. The minimum atomic E-state index is -0.797. The van der Waals surface area contributed by atoms with Gasteiger partial charge in [-0.05, 0) is 47.9 Å². The van der Waals surface area contributed by atoms with E-state index in [1.54, 1.807) is 21.1 Å². The molecule has 0 saturated carbocycles. The minimum absolute atomic E-state index is 0.424. The second-order valence-electron chi connectivity index (χ2n) is 6.84. The molecule has 0 spiro atoms. The molecule has 1 atom stereocenters. The highest BCUT2D eigenvalue weighted by molar-refractivity contribution is 5.79. The molecule has 0 aliphatic rings. The van der Waals surface area contributed by atoms with Crippen molar-refractivity contribution >= 4 is 5.91 Å². The molecule has 0 aliphatic carbocycles. The van der Waals surface area contributed by atoms with Crippen molar-refractivity contribution in [1.29, 1.82) is 0 Å². The van der Waals surface area contributed by atoms with Crippen LogP contribution in [0.4, 0.5) is 0 Å². The SMILES string of the molecule is COc1ccc(C(NC(C)C(N)=O)(c2ccccc2)c2ccc(OC)cc2)cc1. The van der Waals surface area contributed by atoms with Crippen molar-refractivity contribution in [2.45, 2.75) is 18.5 Å². The van der Waals surface area contributed by atoms with Crippen LogP contribution in [0.25, 0.3) is 0 Å². The number of nitrogens with two attached hydrogens (primary N) is 1. The van der Waals surface area contributed by atoms with Gasteiger partial charge in [0.05, 0.1) is 25.8 Å². The number of benzene rings is 3. The largest absolute Gasteiger partial charge is 0.497 e. The van der Waals surface area contributed by atoms with E-state index in [1.165, 1.54) is 0 Å². The summed E-state index contributed by atoms with van der Waals surface area (Å²) in [7, 11) is 3.27.